The zero-order valence-corrected chi connectivity index (χ0v) is 19.5. The second kappa shape index (κ2) is 8.46. The van der Waals surface area contributed by atoms with Gasteiger partial charge in [0.05, 0.1) is 11.7 Å². The third kappa shape index (κ3) is 3.87. The summed E-state index contributed by atoms with van der Waals surface area (Å²) in [7, 11) is 0. The number of nitrogens with zero attached hydrogens (tertiary/aromatic N) is 3. The number of rotatable bonds is 4. The smallest absolute Gasteiger partial charge is 0.174 e. The Labute approximate surface area is 199 Å². The average Bonchev–Trinajstić information content (AvgIpc) is 3.40. The molecule has 0 bridgehead atoms. The minimum atomic E-state index is -0.103. The van der Waals surface area contributed by atoms with Crippen molar-refractivity contribution in [3.8, 4) is 5.69 Å². The molecule has 2 atom stereocenters. The Kier molecular flexibility index (Phi) is 5.52. The first-order valence-electron chi connectivity index (χ1n) is 9.81. The van der Waals surface area contributed by atoms with Crippen LogP contribution < -0.4 is 10.2 Å². The molecule has 1 aliphatic rings. The Morgan fingerprint density at radius 1 is 0.903 bits per heavy atom. The molecule has 0 radical (unpaired) electrons. The third-order valence-corrected chi connectivity index (χ3v) is 6.49. The summed E-state index contributed by atoms with van der Waals surface area (Å²) in [6.07, 6.45) is 3.89. The summed E-state index contributed by atoms with van der Waals surface area (Å²) in [4.78, 5) is 6.77. The topological polar surface area (TPSA) is 33.1 Å². The summed E-state index contributed by atoms with van der Waals surface area (Å²) in [5, 5.41) is 4.85. The van der Waals surface area contributed by atoms with Crippen molar-refractivity contribution >= 4 is 50.5 Å². The molecule has 154 valence electrons. The van der Waals surface area contributed by atoms with E-state index in [4.69, 9.17) is 23.8 Å². The molecular weight excluding hydrogens is 492 g/mol. The van der Waals surface area contributed by atoms with E-state index in [1.807, 2.05) is 60.8 Å². The van der Waals surface area contributed by atoms with Crippen molar-refractivity contribution in [1.82, 2.24) is 14.9 Å². The molecule has 2 aromatic heterocycles. The van der Waals surface area contributed by atoms with Crippen molar-refractivity contribution in [2.75, 3.05) is 4.90 Å². The molecule has 0 amide bonds. The summed E-state index contributed by atoms with van der Waals surface area (Å²) >= 11 is 15.5. The molecule has 4 aromatic rings. The van der Waals surface area contributed by atoms with Gasteiger partial charge in [-0.2, -0.15) is 0 Å². The molecule has 4 nitrogen and oxygen atoms in total. The Bertz CT molecular complexity index is 1210. The van der Waals surface area contributed by atoms with E-state index in [9.17, 15) is 0 Å². The lowest BCUT2D eigenvalue weighted by molar-refractivity contribution is 0.549. The predicted molar refractivity (Wildman–Crippen MR) is 133 cm³/mol. The third-order valence-electron chi connectivity index (χ3n) is 5.39. The SMILES string of the molecule is S=C1N[C@@H](c2ccccn2)[C@H](c2cccn2-c2ccc(Br)cc2)N1c1ccc(Cl)cc1. The van der Waals surface area contributed by atoms with Gasteiger partial charge in [-0.15, -0.1) is 0 Å². The first-order chi connectivity index (χ1) is 15.1. The Morgan fingerprint density at radius 3 is 2.35 bits per heavy atom. The van der Waals surface area contributed by atoms with Crippen LogP contribution in [0.5, 0.6) is 0 Å². The number of benzene rings is 2. The van der Waals surface area contributed by atoms with E-state index >= 15 is 0 Å². The molecule has 3 heterocycles. The Balaban J connectivity index is 1.66. The van der Waals surface area contributed by atoms with E-state index in [1.54, 1.807) is 0 Å². The lowest BCUT2D eigenvalue weighted by Gasteiger charge is -2.29. The molecule has 7 heteroatoms. The number of pyridine rings is 1. The number of thiocarbonyl (C=S) groups is 1. The number of anilines is 1. The van der Waals surface area contributed by atoms with E-state index < -0.39 is 0 Å². The van der Waals surface area contributed by atoms with Gasteiger partial charge in [0.1, 0.15) is 6.04 Å². The number of hydrogen-bond acceptors (Lipinski definition) is 2. The molecule has 5 rings (SSSR count). The van der Waals surface area contributed by atoms with E-state index in [2.05, 4.69) is 66.2 Å². The van der Waals surface area contributed by atoms with Crippen LogP contribution in [-0.2, 0) is 0 Å². The molecule has 31 heavy (non-hydrogen) atoms. The molecule has 2 aromatic carbocycles. The molecular formula is C24H18BrClN4S. The normalized spacial score (nSPS) is 18.3. The van der Waals surface area contributed by atoms with Crippen LogP contribution in [0.2, 0.25) is 5.02 Å². The molecule has 0 spiro atoms. The van der Waals surface area contributed by atoms with Crippen molar-refractivity contribution in [3.05, 3.63) is 112 Å². The summed E-state index contributed by atoms with van der Waals surface area (Å²) in [5.74, 6) is 0. The van der Waals surface area contributed by atoms with Crippen LogP contribution in [0.4, 0.5) is 5.69 Å². The summed E-state index contributed by atoms with van der Waals surface area (Å²) in [6, 6.07) is 26.0. The van der Waals surface area contributed by atoms with Gasteiger partial charge < -0.3 is 14.8 Å². The minimum Gasteiger partial charge on any atom is -0.351 e. The van der Waals surface area contributed by atoms with E-state index in [-0.39, 0.29) is 12.1 Å². The fourth-order valence-electron chi connectivity index (χ4n) is 4.01. The quantitative estimate of drug-likeness (QED) is 0.320. The monoisotopic (exact) mass is 508 g/mol. The van der Waals surface area contributed by atoms with Gasteiger partial charge in [-0.25, -0.2) is 0 Å². The van der Waals surface area contributed by atoms with Crippen molar-refractivity contribution in [2.45, 2.75) is 12.1 Å². The van der Waals surface area contributed by atoms with E-state index in [0.717, 1.165) is 27.2 Å². The van der Waals surface area contributed by atoms with Gasteiger partial charge in [0.2, 0.25) is 0 Å². The van der Waals surface area contributed by atoms with Crippen LogP contribution in [0, 0.1) is 0 Å². The molecule has 1 saturated heterocycles. The van der Waals surface area contributed by atoms with E-state index in [0.29, 0.717) is 10.1 Å². The van der Waals surface area contributed by atoms with Crippen molar-refractivity contribution in [1.29, 1.82) is 0 Å². The first-order valence-corrected chi connectivity index (χ1v) is 11.4. The summed E-state index contributed by atoms with van der Waals surface area (Å²) < 4.78 is 3.24. The number of hydrogen-bond donors (Lipinski definition) is 1. The van der Waals surface area contributed by atoms with Crippen LogP contribution >= 0.6 is 39.7 Å². The molecule has 0 unspecified atom stereocenters. The zero-order chi connectivity index (χ0) is 21.4. The number of halogens is 2. The summed E-state index contributed by atoms with van der Waals surface area (Å²) in [6.45, 7) is 0. The minimum absolute atomic E-state index is 0.0952. The molecule has 1 aliphatic heterocycles. The van der Waals surface area contributed by atoms with Crippen LogP contribution in [0.25, 0.3) is 5.69 Å². The van der Waals surface area contributed by atoms with Crippen LogP contribution in [-0.4, -0.2) is 14.7 Å². The second-order valence-electron chi connectivity index (χ2n) is 7.25. The fourth-order valence-corrected chi connectivity index (χ4v) is 4.74. The van der Waals surface area contributed by atoms with Crippen LogP contribution in [0.15, 0.2) is 95.7 Å². The highest BCUT2D eigenvalue weighted by molar-refractivity contribution is 9.10. The number of nitrogens with one attached hydrogen (secondary N) is 1. The van der Waals surface area contributed by atoms with Crippen LogP contribution in [0.1, 0.15) is 23.5 Å². The fraction of sp³-hybridized carbons (Fsp3) is 0.0833. The second-order valence-corrected chi connectivity index (χ2v) is 8.99. The highest BCUT2D eigenvalue weighted by Crippen LogP contribution is 2.42. The van der Waals surface area contributed by atoms with Gasteiger partial charge in [-0.05, 0) is 85.0 Å². The molecule has 0 aliphatic carbocycles. The first kappa shape index (κ1) is 20.2. The van der Waals surface area contributed by atoms with Gasteiger partial charge in [-0.1, -0.05) is 33.6 Å². The van der Waals surface area contributed by atoms with Gasteiger partial charge in [-0.3, -0.25) is 4.98 Å². The van der Waals surface area contributed by atoms with Crippen LogP contribution in [0.3, 0.4) is 0 Å². The standard InChI is InChI=1S/C24H18BrClN4S/c25-16-6-10-18(11-7-16)29-15-3-5-21(29)23-22(20-4-1-2-14-27-20)28-24(31)30(23)19-12-8-17(26)9-13-19/h1-15,22-23H,(H,28,31)/t22-,23-/m0/s1. The maximum absolute atomic E-state index is 6.15. The zero-order valence-electron chi connectivity index (χ0n) is 16.3. The van der Waals surface area contributed by atoms with Gasteiger partial charge in [0, 0.05) is 39.0 Å². The maximum Gasteiger partial charge on any atom is 0.174 e. The van der Waals surface area contributed by atoms with Gasteiger partial charge in [0.15, 0.2) is 5.11 Å². The predicted octanol–water partition coefficient (Wildman–Crippen LogP) is 6.47. The highest BCUT2D eigenvalue weighted by Gasteiger charge is 2.42. The average molecular weight is 510 g/mol. The van der Waals surface area contributed by atoms with Gasteiger partial charge >= 0.3 is 0 Å². The highest BCUT2D eigenvalue weighted by atomic mass is 79.9. The van der Waals surface area contributed by atoms with Crippen molar-refractivity contribution in [3.63, 3.8) is 0 Å². The van der Waals surface area contributed by atoms with Crippen molar-refractivity contribution in [2.24, 2.45) is 0 Å². The summed E-state index contributed by atoms with van der Waals surface area (Å²) in [5.41, 5.74) is 4.11. The Hall–Kier alpha value is -2.67. The molecule has 1 fully saturated rings. The van der Waals surface area contributed by atoms with E-state index in [1.165, 1.54) is 0 Å². The lowest BCUT2D eigenvalue weighted by atomic mass is 10.0. The molecule has 1 N–H and O–H groups in total. The number of aromatic nitrogens is 2. The maximum atomic E-state index is 6.15. The van der Waals surface area contributed by atoms with Crippen molar-refractivity contribution < 1.29 is 0 Å². The Morgan fingerprint density at radius 2 is 1.65 bits per heavy atom. The largest absolute Gasteiger partial charge is 0.351 e. The lowest BCUT2D eigenvalue weighted by Crippen LogP contribution is -2.30. The van der Waals surface area contributed by atoms with Gasteiger partial charge in [0.25, 0.3) is 0 Å². The molecule has 0 saturated carbocycles.